The van der Waals surface area contributed by atoms with E-state index in [-0.39, 0.29) is 30.5 Å². The number of aliphatic hydroxyl groups is 3. The SMILES string of the molecule is C=C1CC[C@H]2[C@@](C)(CCC(O)[C@@]2(C)CO)C1C/C=C1/C(=O)OCC1O. The van der Waals surface area contributed by atoms with Crippen molar-refractivity contribution in [2.45, 2.75) is 58.2 Å². The predicted molar refractivity (Wildman–Crippen MR) is 93.6 cm³/mol. The Morgan fingerprint density at radius 3 is 2.64 bits per heavy atom. The fourth-order valence-electron chi connectivity index (χ4n) is 5.56. The van der Waals surface area contributed by atoms with Gasteiger partial charge in [-0.1, -0.05) is 32.1 Å². The van der Waals surface area contributed by atoms with Gasteiger partial charge in [-0.15, -0.1) is 0 Å². The summed E-state index contributed by atoms with van der Waals surface area (Å²) in [6.45, 7) is 8.50. The minimum atomic E-state index is -0.844. The lowest BCUT2D eigenvalue weighted by Gasteiger charge is -2.59. The summed E-state index contributed by atoms with van der Waals surface area (Å²) in [5.74, 6) is -0.0734. The Kier molecular flexibility index (Phi) is 4.86. The number of rotatable bonds is 3. The highest BCUT2D eigenvalue weighted by Crippen LogP contribution is 2.61. The lowest BCUT2D eigenvalue weighted by Crippen LogP contribution is -2.57. The van der Waals surface area contributed by atoms with Crippen molar-refractivity contribution in [2.75, 3.05) is 13.2 Å². The summed E-state index contributed by atoms with van der Waals surface area (Å²) >= 11 is 0. The van der Waals surface area contributed by atoms with Crippen LogP contribution in [0.3, 0.4) is 0 Å². The maximum absolute atomic E-state index is 11.8. The first-order chi connectivity index (χ1) is 11.7. The molecule has 3 unspecified atom stereocenters. The third-order valence-corrected chi connectivity index (χ3v) is 7.23. The predicted octanol–water partition coefficient (Wildman–Crippen LogP) is 1.96. The second kappa shape index (κ2) is 6.53. The van der Waals surface area contributed by atoms with Crippen molar-refractivity contribution < 1.29 is 24.9 Å². The molecule has 0 bridgehead atoms. The Labute approximate surface area is 149 Å². The van der Waals surface area contributed by atoms with E-state index in [2.05, 4.69) is 13.5 Å². The first-order valence-electron chi connectivity index (χ1n) is 9.26. The molecular formula is C20H30O5. The van der Waals surface area contributed by atoms with Crippen molar-refractivity contribution in [2.24, 2.45) is 22.7 Å². The van der Waals surface area contributed by atoms with E-state index in [0.717, 1.165) is 24.8 Å². The van der Waals surface area contributed by atoms with E-state index in [1.54, 1.807) is 0 Å². The normalized spacial score (nSPS) is 46.2. The molecule has 3 aliphatic rings. The molecule has 3 N–H and O–H groups in total. The molecular weight excluding hydrogens is 320 g/mol. The molecule has 5 nitrogen and oxygen atoms in total. The zero-order valence-electron chi connectivity index (χ0n) is 15.2. The topological polar surface area (TPSA) is 87.0 Å². The van der Waals surface area contributed by atoms with Gasteiger partial charge in [0.05, 0.1) is 18.3 Å². The maximum Gasteiger partial charge on any atom is 0.336 e. The number of hydrogen-bond acceptors (Lipinski definition) is 5. The Morgan fingerprint density at radius 2 is 2.04 bits per heavy atom. The van der Waals surface area contributed by atoms with E-state index in [1.165, 1.54) is 0 Å². The lowest BCUT2D eigenvalue weighted by atomic mass is 9.46. The number of cyclic esters (lactones) is 1. The molecule has 1 saturated heterocycles. The first kappa shape index (κ1) is 18.6. The minimum Gasteiger partial charge on any atom is -0.459 e. The fourth-order valence-corrected chi connectivity index (χ4v) is 5.56. The number of hydrogen-bond donors (Lipinski definition) is 3. The molecule has 0 spiro atoms. The van der Waals surface area contributed by atoms with Crippen LogP contribution in [0.15, 0.2) is 23.8 Å². The van der Waals surface area contributed by atoms with E-state index in [9.17, 15) is 20.1 Å². The van der Waals surface area contributed by atoms with Crippen LogP contribution in [-0.4, -0.2) is 46.7 Å². The van der Waals surface area contributed by atoms with Gasteiger partial charge in [0.2, 0.25) is 0 Å². The summed E-state index contributed by atoms with van der Waals surface area (Å²) in [6.07, 6.45) is 4.42. The molecule has 2 saturated carbocycles. The van der Waals surface area contributed by atoms with Gasteiger partial charge in [-0.25, -0.2) is 4.79 Å². The molecule has 1 aliphatic heterocycles. The van der Waals surface area contributed by atoms with Crippen LogP contribution in [0.1, 0.15) is 46.0 Å². The van der Waals surface area contributed by atoms with Crippen molar-refractivity contribution in [1.29, 1.82) is 0 Å². The highest BCUT2D eigenvalue weighted by Gasteiger charge is 2.57. The monoisotopic (exact) mass is 350 g/mol. The quantitative estimate of drug-likeness (QED) is 0.411. The number of aliphatic hydroxyl groups excluding tert-OH is 3. The third-order valence-electron chi connectivity index (χ3n) is 7.23. The second-order valence-corrected chi connectivity index (χ2v) is 8.54. The lowest BCUT2D eigenvalue weighted by molar-refractivity contribution is -0.151. The molecule has 1 heterocycles. The summed E-state index contributed by atoms with van der Waals surface area (Å²) in [5, 5.41) is 30.4. The zero-order chi connectivity index (χ0) is 18.4. The second-order valence-electron chi connectivity index (χ2n) is 8.54. The van der Waals surface area contributed by atoms with Crippen LogP contribution in [0, 0.1) is 22.7 Å². The van der Waals surface area contributed by atoms with E-state index in [0.29, 0.717) is 18.4 Å². The standard InChI is InChI=1S/C20H30O5/c1-12-4-7-16-19(2,9-8-17(23)20(16,3)11-21)14(12)6-5-13-15(22)10-25-18(13)24/h5,14-17,21-23H,1,4,6-11H2,2-3H3/b13-5+/t14?,15?,16-,17?,19-,20-/m0/s1. The van der Waals surface area contributed by atoms with Gasteiger partial charge in [-0.05, 0) is 49.4 Å². The summed E-state index contributed by atoms with van der Waals surface area (Å²) < 4.78 is 4.90. The number of ether oxygens (including phenoxy) is 1. The van der Waals surface area contributed by atoms with Crippen molar-refractivity contribution in [1.82, 2.24) is 0 Å². The van der Waals surface area contributed by atoms with Crippen LogP contribution in [0.25, 0.3) is 0 Å². The molecule has 0 aromatic heterocycles. The number of fused-ring (bicyclic) bond motifs is 1. The van der Waals surface area contributed by atoms with Crippen LogP contribution < -0.4 is 0 Å². The van der Waals surface area contributed by atoms with E-state index < -0.39 is 23.6 Å². The van der Waals surface area contributed by atoms with Gasteiger partial charge < -0.3 is 20.1 Å². The Balaban J connectivity index is 1.89. The van der Waals surface area contributed by atoms with Crippen LogP contribution in [0.4, 0.5) is 0 Å². The van der Waals surface area contributed by atoms with Crippen LogP contribution >= 0.6 is 0 Å². The van der Waals surface area contributed by atoms with Crippen molar-refractivity contribution in [3.63, 3.8) is 0 Å². The largest absolute Gasteiger partial charge is 0.459 e. The minimum absolute atomic E-state index is 0.0280. The molecule has 6 atom stereocenters. The summed E-state index contributed by atoms with van der Waals surface area (Å²) in [6, 6.07) is 0. The smallest absolute Gasteiger partial charge is 0.336 e. The van der Waals surface area contributed by atoms with Gasteiger partial charge in [0, 0.05) is 5.41 Å². The van der Waals surface area contributed by atoms with Gasteiger partial charge in [-0.3, -0.25) is 0 Å². The summed E-state index contributed by atoms with van der Waals surface area (Å²) in [7, 11) is 0. The number of carbonyl (C=O) groups is 1. The molecule has 0 aromatic carbocycles. The first-order valence-corrected chi connectivity index (χ1v) is 9.26. The van der Waals surface area contributed by atoms with Gasteiger partial charge in [0.25, 0.3) is 0 Å². The fraction of sp³-hybridized carbons (Fsp3) is 0.750. The van der Waals surface area contributed by atoms with Gasteiger partial charge in [0.1, 0.15) is 12.7 Å². The molecule has 0 amide bonds. The van der Waals surface area contributed by atoms with Crippen LogP contribution in [0.5, 0.6) is 0 Å². The number of carbonyl (C=O) groups excluding carboxylic acids is 1. The van der Waals surface area contributed by atoms with E-state index in [1.807, 2.05) is 13.0 Å². The molecule has 3 rings (SSSR count). The average molecular weight is 350 g/mol. The Bertz CT molecular complexity index is 597. The zero-order valence-corrected chi connectivity index (χ0v) is 15.2. The average Bonchev–Trinajstić information content (AvgIpc) is 2.89. The van der Waals surface area contributed by atoms with Crippen LogP contribution in [-0.2, 0) is 9.53 Å². The molecule has 5 heteroatoms. The molecule has 2 aliphatic carbocycles. The summed E-state index contributed by atoms with van der Waals surface area (Å²) in [5.41, 5.74) is 0.911. The van der Waals surface area contributed by atoms with Gasteiger partial charge >= 0.3 is 5.97 Å². The number of esters is 1. The molecule has 25 heavy (non-hydrogen) atoms. The summed E-state index contributed by atoms with van der Waals surface area (Å²) in [4.78, 5) is 11.8. The molecule has 0 radical (unpaired) electrons. The van der Waals surface area contributed by atoms with Crippen molar-refractivity contribution in [3.05, 3.63) is 23.8 Å². The highest BCUT2D eigenvalue weighted by molar-refractivity contribution is 5.91. The van der Waals surface area contributed by atoms with Crippen LogP contribution in [0.2, 0.25) is 0 Å². The molecule has 0 aromatic rings. The Morgan fingerprint density at radius 1 is 1.32 bits per heavy atom. The maximum atomic E-state index is 11.8. The van der Waals surface area contributed by atoms with Crippen molar-refractivity contribution in [3.8, 4) is 0 Å². The van der Waals surface area contributed by atoms with Gasteiger partial charge in [0.15, 0.2) is 0 Å². The van der Waals surface area contributed by atoms with Gasteiger partial charge in [-0.2, -0.15) is 0 Å². The third kappa shape index (κ3) is 2.86. The number of allylic oxidation sites excluding steroid dienone is 2. The van der Waals surface area contributed by atoms with Crippen molar-refractivity contribution >= 4 is 5.97 Å². The van der Waals surface area contributed by atoms with E-state index in [4.69, 9.17) is 4.74 Å². The Hall–Kier alpha value is -1.17. The molecule has 3 fully saturated rings. The highest BCUT2D eigenvalue weighted by atomic mass is 16.6. The van der Waals surface area contributed by atoms with E-state index >= 15 is 0 Å². The molecule has 140 valence electrons.